The molecule has 0 unspecified atom stereocenters. The van der Waals surface area contributed by atoms with Crippen LogP contribution in [0.15, 0.2) is 34.1 Å². The van der Waals surface area contributed by atoms with E-state index in [1.807, 2.05) is 0 Å². The van der Waals surface area contributed by atoms with Gasteiger partial charge in [0.2, 0.25) is 0 Å². The van der Waals surface area contributed by atoms with Gasteiger partial charge in [-0.15, -0.1) is 0 Å². The van der Waals surface area contributed by atoms with E-state index in [0.29, 0.717) is 25.9 Å². The lowest BCUT2D eigenvalue weighted by atomic mass is 10.2. The average Bonchev–Trinajstić information content (AvgIpc) is 2.39. The van der Waals surface area contributed by atoms with Crippen molar-refractivity contribution >= 4 is 19.7 Å². The highest BCUT2D eigenvalue weighted by Crippen LogP contribution is 2.23. The molecule has 19 heavy (non-hydrogen) atoms. The number of rotatable bonds is 3. The Morgan fingerprint density at radius 3 is 1.89 bits per heavy atom. The predicted molar refractivity (Wildman–Crippen MR) is 72.6 cm³/mol. The molecule has 0 saturated carbocycles. The summed E-state index contributed by atoms with van der Waals surface area (Å²) in [5.41, 5.74) is 0. The molecule has 0 spiro atoms. The second-order valence-electron chi connectivity index (χ2n) is 4.74. The van der Waals surface area contributed by atoms with Crippen molar-refractivity contribution in [3.05, 3.63) is 24.3 Å². The number of piperidine rings is 1. The van der Waals surface area contributed by atoms with E-state index in [1.54, 1.807) is 0 Å². The molecule has 1 fully saturated rings. The maximum atomic E-state index is 12.4. The van der Waals surface area contributed by atoms with Crippen LogP contribution >= 0.6 is 0 Å². The second-order valence-corrected chi connectivity index (χ2v) is 8.98. The Kier molecular flexibility index (Phi) is 3.98. The molecule has 0 radical (unpaired) electrons. The van der Waals surface area contributed by atoms with Gasteiger partial charge in [0.05, 0.1) is 15.0 Å². The molecule has 2 rings (SSSR count). The molecule has 0 aromatic heterocycles. The lowest BCUT2D eigenvalue weighted by molar-refractivity contribution is 0.496. The number of hydrogen-bond acceptors (Lipinski definition) is 5. The van der Waals surface area contributed by atoms with Crippen molar-refractivity contribution < 1.29 is 16.8 Å². The first-order valence-electron chi connectivity index (χ1n) is 6.06. The van der Waals surface area contributed by atoms with Crippen LogP contribution in [0, 0.1) is 0 Å². The van der Waals surface area contributed by atoms with E-state index in [4.69, 9.17) is 0 Å². The lowest BCUT2D eigenvalue weighted by Gasteiger charge is -2.22. The first-order chi connectivity index (χ1) is 8.82. The Bertz CT molecular complexity index is 641. The van der Waals surface area contributed by atoms with Crippen LogP contribution in [0.4, 0.5) is 0 Å². The highest BCUT2D eigenvalue weighted by Gasteiger charge is 2.28. The molecule has 0 bridgehead atoms. The van der Waals surface area contributed by atoms with Gasteiger partial charge in [-0.25, -0.2) is 16.8 Å². The molecule has 0 aliphatic carbocycles. The molecule has 0 atom stereocenters. The van der Waals surface area contributed by atoms with Gasteiger partial charge in [0.15, 0.2) is 19.7 Å². The van der Waals surface area contributed by atoms with E-state index < -0.39 is 19.7 Å². The summed E-state index contributed by atoms with van der Waals surface area (Å²) in [6.07, 6.45) is 2.29. The first kappa shape index (κ1) is 14.5. The third kappa shape index (κ3) is 3.16. The van der Waals surface area contributed by atoms with Gasteiger partial charge in [-0.2, -0.15) is 0 Å². The fourth-order valence-corrected chi connectivity index (χ4v) is 4.56. The van der Waals surface area contributed by atoms with Crippen molar-refractivity contribution in [2.75, 3.05) is 19.3 Å². The third-order valence-corrected chi connectivity index (χ3v) is 6.71. The van der Waals surface area contributed by atoms with Gasteiger partial charge in [-0.1, -0.05) is 0 Å². The predicted octanol–water partition coefficient (Wildman–Crippen LogP) is 0.616. The van der Waals surface area contributed by atoms with E-state index >= 15 is 0 Å². The molecule has 1 aromatic carbocycles. The van der Waals surface area contributed by atoms with Gasteiger partial charge in [0.25, 0.3) is 0 Å². The van der Waals surface area contributed by atoms with Gasteiger partial charge < -0.3 is 5.32 Å². The second kappa shape index (κ2) is 5.22. The standard InChI is InChI=1S/C12H17NO4S2/c1-18(14,15)10-2-4-11(5-3-10)19(16,17)12-6-8-13-9-7-12/h2-5,12-13H,6-9H2,1H3. The molecular formula is C12H17NO4S2. The topological polar surface area (TPSA) is 80.3 Å². The summed E-state index contributed by atoms with van der Waals surface area (Å²) < 4.78 is 47.4. The largest absolute Gasteiger partial charge is 0.317 e. The highest BCUT2D eigenvalue weighted by molar-refractivity contribution is 7.92. The minimum atomic E-state index is -3.36. The molecule has 5 nitrogen and oxygen atoms in total. The Balaban J connectivity index is 2.31. The number of sulfone groups is 2. The minimum absolute atomic E-state index is 0.136. The summed E-state index contributed by atoms with van der Waals surface area (Å²) in [7, 11) is -6.65. The number of benzene rings is 1. The van der Waals surface area contributed by atoms with Crippen LogP contribution in [0.3, 0.4) is 0 Å². The van der Waals surface area contributed by atoms with Crippen molar-refractivity contribution in [1.82, 2.24) is 5.32 Å². The monoisotopic (exact) mass is 303 g/mol. The Morgan fingerprint density at radius 2 is 1.42 bits per heavy atom. The van der Waals surface area contributed by atoms with Gasteiger partial charge in [0, 0.05) is 6.26 Å². The molecule has 1 saturated heterocycles. The van der Waals surface area contributed by atoms with Gasteiger partial charge in [-0.3, -0.25) is 0 Å². The molecular weight excluding hydrogens is 286 g/mol. The Morgan fingerprint density at radius 1 is 0.947 bits per heavy atom. The van der Waals surface area contributed by atoms with Crippen LogP contribution in [0.1, 0.15) is 12.8 Å². The molecule has 1 aromatic rings. The SMILES string of the molecule is CS(=O)(=O)c1ccc(S(=O)(=O)C2CCNCC2)cc1. The van der Waals surface area contributed by atoms with E-state index in [0.717, 1.165) is 6.26 Å². The van der Waals surface area contributed by atoms with Gasteiger partial charge in [0.1, 0.15) is 0 Å². The van der Waals surface area contributed by atoms with Crippen LogP contribution in [-0.2, 0) is 19.7 Å². The maximum absolute atomic E-state index is 12.4. The maximum Gasteiger partial charge on any atom is 0.181 e. The van der Waals surface area contributed by atoms with Crippen LogP contribution < -0.4 is 5.32 Å². The van der Waals surface area contributed by atoms with Crippen molar-refractivity contribution in [1.29, 1.82) is 0 Å². The molecule has 1 heterocycles. The molecule has 1 aliphatic heterocycles. The molecule has 7 heteroatoms. The van der Waals surface area contributed by atoms with Crippen LogP contribution in [-0.4, -0.2) is 41.4 Å². The van der Waals surface area contributed by atoms with Crippen molar-refractivity contribution in [3.63, 3.8) is 0 Å². The zero-order chi connectivity index (χ0) is 14.1. The van der Waals surface area contributed by atoms with E-state index in [-0.39, 0.29) is 15.0 Å². The van der Waals surface area contributed by atoms with Crippen molar-refractivity contribution in [2.24, 2.45) is 0 Å². The summed E-state index contributed by atoms with van der Waals surface area (Å²) >= 11 is 0. The Hall–Kier alpha value is -0.920. The highest BCUT2D eigenvalue weighted by atomic mass is 32.2. The van der Waals surface area contributed by atoms with E-state index in [9.17, 15) is 16.8 Å². The zero-order valence-corrected chi connectivity index (χ0v) is 12.3. The summed E-state index contributed by atoms with van der Waals surface area (Å²) in [5, 5.41) is 2.75. The van der Waals surface area contributed by atoms with E-state index in [2.05, 4.69) is 5.32 Å². The molecule has 1 aliphatic rings. The third-order valence-electron chi connectivity index (χ3n) is 3.31. The van der Waals surface area contributed by atoms with Crippen LogP contribution in [0.2, 0.25) is 0 Å². The molecule has 0 amide bonds. The summed E-state index contributed by atoms with van der Waals surface area (Å²) in [4.78, 5) is 0.337. The number of hydrogen-bond donors (Lipinski definition) is 1. The van der Waals surface area contributed by atoms with E-state index in [1.165, 1.54) is 24.3 Å². The normalized spacial score (nSPS) is 18.4. The smallest absolute Gasteiger partial charge is 0.181 e. The fraction of sp³-hybridized carbons (Fsp3) is 0.500. The average molecular weight is 303 g/mol. The zero-order valence-electron chi connectivity index (χ0n) is 10.7. The van der Waals surface area contributed by atoms with Crippen molar-refractivity contribution in [3.8, 4) is 0 Å². The number of nitrogens with one attached hydrogen (secondary N) is 1. The van der Waals surface area contributed by atoms with Crippen LogP contribution in [0.5, 0.6) is 0 Å². The van der Waals surface area contributed by atoms with Crippen LogP contribution in [0.25, 0.3) is 0 Å². The molecule has 106 valence electrons. The lowest BCUT2D eigenvalue weighted by Crippen LogP contribution is -2.35. The minimum Gasteiger partial charge on any atom is -0.317 e. The fourth-order valence-electron chi connectivity index (χ4n) is 2.17. The molecule has 1 N–H and O–H groups in total. The summed E-state index contributed by atoms with van der Waals surface area (Å²) in [6, 6.07) is 5.47. The first-order valence-corrected chi connectivity index (χ1v) is 9.50. The quantitative estimate of drug-likeness (QED) is 0.885. The summed E-state index contributed by atoms with van der Waals surface area (Å²) in [5.74, 6) is 0. The Labute approximate surface area is 113 Å². The summed E-state index contributed by atoms with van der Waals surface area (Å²) in [6.45, 7) is 1.40. The van der Waals surface area contributed by atoms with Gasteiger partial charge in [-0.05, 0) is 50.2 Å². The van der Waals surface area contributed by atoms with Gasteiger partial charge >= 0.3 is 0 Å². The van der Waals surface area contributed by atoms with Crippen molar-refractivity contribution in [2.45, 2.75) is 27.9 Å².